The van der Waals surface area contributed by atoms with Crippen molar-refractivity contribution in [2.75, 3.05) is 5.32 Å². The highest BCUT2D eigenvalue weighted by Gasteiger charge is 2.30. The first-order valence-corrected chi connectivity index (χ1v) is 8.30. The number of halogens is 3. The molecule has 1 amide bonds. The third kappa shape index (κ3) is 4.18. The van der Waals surface area contributed by atoms with Crippen LogP contribution >= 0.6 is 0 Å². The maximum absolute atomic E-state index is 12.8. The molecule has 1 N–H and O–H groups in total. The lowest BCUT2D eigenvalue weighted by Crippen LogP contribution is -2.13. The molecule has 0 saturated heterocycles. The van der Waals surface area contributed by atoms with Crippen LogP contribution in [0.2, 0.25) is 0 Å². The van der Waals surface area contributed by atoms with Crippen molar-refractivity contribution in [3.8, 4) is 0 Å². The number of aryl methyl sites for hydroxylation is 1. The monoisotopic (exact) mass is 377 g/mol. The summed E-state index contributed by atoms with van der Waals surface area (Å²) in [7, 11) is 0. The van der Waals surface area contributed by atoms with Gasteiger partial charge in [0.1, 0.15) is 0 Å². The Balaban J connectivity index is 1.70. The fourth-order valence-corrected chi connectivity index (χ4v) is 2.69. The SMILES string of the molecule is CCn1ncc(Cn2cc(NC(=O)c3cccc(C(F)(F)F)c3)cn2)c1C. The molecule has 1 aromatic carbocycles. The van der Waals surface area contributed by atoms with Crippen molar-refractivity contribution in [1.82, 2.24) is 19.6 Å². The van der Waals surface area contributed by atoms with Crippen molar-refractivity contribution < 1.29 is 18.0 Å². The number of carbonyl (C=O) groups is 1. The summed E-state index contributed by atoms with van der Waals surface area (Å²) < 4.78 is 41.8. The van der Waals surface area contributed by atoms with Crippen LogP contribution in [0.4, 0.5) is 18.9 Å². The maximum Gasteiger partial charge on any atom is 0.416 e. The van der Waals surface area contributed by atoms with Crippen LogP contribution in [0, 0.1) is 6.92 Å². The summed E-state index contributed by atoms with van der Waals surface area (Å²) in [6, 6.07) is 4.28. The second-order valence-electron chi connectivity index (χ2n) is 6.03. The van der Waals surface area contributed by atoms with E-state index in [1.165, 1.54) is 18.3 Å². The molecule has 0 unspecified atom stereocenters. The van der Waals surface area contributed by atoms with Gasteiger partial charge in [0.2, 0.25) is 0 Å². The van der Waals surface area contributed by atoms with Gasteiger partial charge in [-0.15, -0.1) is 0 Å². The van der Waals surface area contributed by atoms with E-state index in [0.717, 1.165) is 29.9 Å². The van der Waals surface area contributed by atoms with Gasteiger partial charge in [0.15, 0.2) is 0 Å². The number of amides is 1. The van der Waals surface area contributed by atoms with Crippen LogP contribution in [-0.4, -0.2) is 25.5 Å². The molecule has 142 valence electrons. The van der Waals surface area contributed by atoms with E-state index in [1.807, 2.05) is 18.5 Å². The third-order valence-electron chi connectivity index (χ3n) is 4.18. The predicted molar refractivity (Wildman–Crippen MR) is 93.4 cm³/mol. The minimum Gasteiger partial charge on any atom is -0.319 e. The molecule has 0 atom stereocenters. The molecule has 0 radical (unpaired) electrons. The molecule has 0 fully saturated rings. The molecule has 0 bridgehead atoms. The Bertz CT molecular complexity index is 958. The molecule has 0 aliphatic carbocycles. The molecule has 3 rings (SSSR count). The molecule has 0 spiro atoms. The largest absolute Gasteiger partial charge is 0.416 e. The number of aromatic nitrogens is 4. The lowest BCUT2D eigenvalue weighted by Gasteiger charge is -2.08. The van der Waals surface area contributed by atoms with Gasteiger partial charge in [-0.25, -0.2) is 0 Å². The summed E-state index contributed by atoms with van der Waals surface area (Å²) in [6.07, 6.45) is 0.336. The lowest BCUT2D eigenvalue weighted by atomic mass is 10.1. The number of alkyl halides is 3. The number of hydrogen-bond donors (Lipinski definition) is 1. The number of nitrogens with zero attached hydrogens (tertiary/aromatic N) is 4. The van der Waals surface area contributed by atoms with E-state index in [1.54, 1.807) is 17.1 Å². The predicted octanol–water partition coefficient (Wildman–Crippen LogP) is 3.73. The van der Waals surface area contributed by atoms with E-state index in [-0.39, 0.29) is 5.56 Å². The van der Waals surface area contributed by atoms with Crippen LogP contribution in [0.15, 0.2) is 42.9 Å². The second kappa shape index (κ2) is 7.26. The van der Waals surface area contributed by atoms with Gasteiger partial charge in [-0.3, -0.25) is 14.2 Å². The number of benzene rings is 1. The summed E-state index contributed by atoms with van der Waals surface area (Å²) in [4.78, 5) is 12.2. The molecular formula is C18H18F3N5O. The molecule has 6 nitrogen and oxygen atoms in total. The van der Waals surface area contributed by atoms with E-state index >= 15 is 0 Å². The maximum atomic E-state index is 12.8. The summed E-state index contributed by atoms with van der Waals surface area (Å²) in [6.45, 7) is 5.21. The summed E-state index contributed by atoms with van der Waals surface area (Å²) in [5, 5.41) is 11.0. The zero-order valence-electron chi connectivity index (χ0n) is 14.8. The number of anilines is 1. The van der Waals surface area contributed by atoms with E-state index in [0.29, 0.717) is 12.2 Å². The van der Waals surface area contributed by atoms with Gasteiger partial charge in [-0.2, -0.15) is 23.4 Å². The van der Waals surface area contributed by atoms with Crippen molar-refractivity contribution in [2.24, 2.45) is 0 Å². The highest BCUT2D eigenvalue weighted by molar-refractivity contribution is 6.04. The molecule has 0 aliphatic rings. The van der Waals surface area contributed by atoms with Gasteiger partial charge in [-0.1, -0.05) is 6.07 Å². The van der Waals surface area contributed by atoms with E-state index < -0.39 is 17.6 Å². The smallest absolute Gasteiger partial charge is 0.319 e. The van der Waals surface area contributed by atoms with Gasteiger partial charge in [0.05, 0.1) is 30.2 Å². The highest BCUT2D eigenvalue weighted by atomic mass is 19.4. The topological polar surface area (TPSA) is 64.7 Å². The molecule has 2 heterocycles. The third-order valence-corrected chi connectivity index (χ3v) is 4.18. The van der Waals surface area contributed by atoms with Gasteiger partial charge >= 0.3 is 6.18 Å². The van der Waals surface area contributed by atoms with Crippen LogP contribution in [0.25, 0.3) is 0 Å². The van der Waals surface area contributed by atoms with Crippen LogP contribution in [0.3, 0.4) is 0 Å². The molecule has 3 aromatic rings. The van der Waals surface area contributed by atoms with Crippen molar-refractivity contribution >= 4 is 11.6 Å². The Labute approximate surface area is 153 Å². The number of carbonyl (C=O) groups excluding carboxylic acids is 1. The number of hydrogen-bond acceptors (Lipinski definition) is 3. The standard InChI is InChI=1S/C18H18F3N5O/c1-3-26-12(2)14(8-23-26)10-25-11-16(9-22-25)24-17(27)13-5-4-6-15(7-13)18(19,20)21/h4-9,11H,3,10H2,1-2H3,(H,24,27). The molecular weight excluding hydrogens is 359 g/mol. The van der Waals surface area contributed by atoms with Crippen LogP contribution < -0.4 is 5.32 Å². The van der Waals surface area contributed by atoms with Gasteiger partial charge in [0, 0.05) is 29.6 Å². The molecule has 9 heteroatoms. The molecule has 27 heavy (non-hydrogen) atoms. The second-order valence-corrected chi connectivity index (χ2v) is 6.03. The Morgan fingerprint density at radius 1 is 1.22 bits per heavy atom. The summed E-state index contributed by atoms with van der Waals surface area (Å²) in [5.41, 5.74) is 1.49. The first-order chi connectivity index (χ1) is 12.8. The summed E-state index contributed by atoms with van der Waals surface area (Å²) >= 11 is 0. The number of nitrogens with one attached hydrogen (secondary N) is 1. The first kappa shape index (κ1) is 18.7. The Hall–Kier alpha value is -3.10. The van der Waals surface area contributed by atoms with E-state index in [9.17, 15) is 18.0 Å². The van der Waals surface area contributed by atoms with Gasteiger partial charge in [-0.05, 0) is 32.0 Å². The van der Waals surface area contributed by atoms with Crippen molar-refractivity contribution in [2.45, 2.75) is 33.1 Å². The highest BCUT2D eigenvalue weighted by Crippen LogP contribution is 2.29. The average molecular weight is 377 g/mol. The van der Waals surface area contributed by atoms with E-state index in [2.05, 4.69) is 15.5 Å². The Morgan fingerprint density at radius 2 is 2.00 bits per heavy atom. The quantitative estimate of drug-likeness (QED) is 0.737. The average Bonchev–Trinajstić information content (AvgIpc) is 3.21. The Morgan fingerprint density at radius 3 is 2.67 bits per heavy atom. The zero-order valence-corrected chi connectivity index (χ0v) is 14.8. The summed E-state index contributed by atoms with van der Waals surface area (Å²) in [5.74, 6) is -0.629. The van der Waals surface area contributed by atoms with Gasteiger partial charge < -0.3 is 5.32 Å². The van der Waals surface area contributed by atoms with E-state index in [4.69, 9.17) is 0 Å². The van der Waals surface area contributed by atoms with Crippen LogP contribution in [0.5, 0.6) is 0 Å². The molecule has 2 aromatic heterocycles. The van der Waals surface area contributed by atoms with Crippen molar-refractivity contribution in [3.63, 3.8) is 0 Å². The fraction of sp³-hybridized carbons (Fsp3) is 0.278. The minimum absolute atomic E-state index is 0.0716. The van der Waals surface area contributed by atoms with Gasteiger partial charge in [0.25, 0.3) is 5.91 Å². The number of rotatable bonds is 5. The molecule has 0 aliphatic heterocycles. The zero-order chi connectivity index (χ0) is 19.6. The normalized spacial score (nSPS) is 11.6. The minimum atomic E-state index is -4.50. The molecule has 0 saturated carbocycles. The van der Waals surface area contributed by atoms with Crippen molar-refractivity contribution in [3.05, 3.63) is 65.2 Å². The lowest BCUT2D eigenvalue weighted by molar-refractivity contribution is -0.137. The van der Waals surface area contributed by atoms with Crippen molar-refractivity contribution in [1.29, 1.82) is 0 Å². The Kier molecular flexibility index (Phi) is 5.02. The van der Waals surface area contributed by atoms with Crippen LogP contribution in [-0.2, 0) is 19.3 Å². The first-order valence-electron chi connectivity index (χ1n) is 8.30. The fourth-order valence-electron chi connectivity index (χ4n) is 2.69. The van der Waals surface area contributed by atoms with Crippen LogP contribution in [0.1, 0.15) is 34.1 Å².